The van der Waals surface area contributed by atoms with Crippen molar-refractivity contribution in [2.24, 2.45) is 0 Å². The molecule has 21 heavy (non-hydrogen) atoms. The molecule has 0 saturated carbocycles. The number of fused-ring (bicyclic) bond motifs is 1. The number of aryl methyl sites for hydroxylation is 1. The molecule has 0 aliphatic carbocycles. The number of aromatic carboxylic acids is 1. The molecule has 2 heterocycles. The number of carboxylic acids is 1. The maximum absolute atomic E-state index is 11.4. The van der Waals surface area contributed by atoms with E-state index in [0.29, 0.717) is 12.2 Å². The van der Waals surface area contributed by atoms with Gasteiger partial charge in [0.15, 0.2) is 0 Å². The Morgan fingerprint density at radius 1 is 1.33 bits per heavy atom. The quantitative estimate of drug-likeness (QED) is 0.766. The van der Waals surface area contributed by atoms with Gasteiger partial charge in [-0.3, -0.25) is 4.98 Å². The maximum Gasteiger partial charge on any atom is 0.339 e. The lowest BCUT2D eigenvalue weighted by Crippen LogP contribution is -2.07. The van der Waals surface area contributed by atoms with Crippen LogP contribution in [0.15, 0.2) is 41.9 Å². The summed E-state index contributed by atoms with van der Waals surface area (Å²) in [7, 11) is 0. The number of thiophene rings is 1. The van der Waals surface area contributed by atoms with E-state index >= 15 is 0 Å². The first kappa shape index (κ1) is 13.6. The smallest absolute Gasteiger partial charge is 0.339 e. The molecule has 0 spiro atoms. The van der Waals surface area contributed by atoms with E-state index in [1.165, 1.54) is 16.6 Å². The molecular weight excluding hydrogens is 284 g/mol. The summed E-state index contributed by atoms with van der Waals surface area (Å²) in [5.41, 5.74) is 2.82. The summed E-state index contributed by atoms with van der Waals surface area (Å²) in [6.45, 7) is 2.66. The molecule has 0 bridgehead atoms. The maximum atomic E-state index is 11.4. The van der Waals surface area contributed by atoms with Gasteiger partial charge in [0.1, 0.15) is 5.56 Å². The van der Waals surface area contributed by atoms with Gasteiger partial charge in [-0.15, -0.1) is 11.3 Å². The summed E-state index contributed by atoms with van der Waals surface area (Å²) in [6, 6.07) is 9.60. The van der Waals surface area contributed by atoms with Crippen molar-refractivity contribution < 1.29 is 9.90 Å². The van der Waals surface area contributed by atoms with Crippen LogP contribution in [0.5, 0.6) is 0 Å². The highest BCUT2D eigenvalue weighted by Crippen LogP contribution is 2.27. The van der Waals surface area contributed by atoms with Crippen molar-refractivity contribution >= 4 is 33.9 Å². The Hall–Kier alpha value is -2.40. The molecule has 0 aliphatic rings. The van der Waals surface area contributed by atoms with Crippen LogP contribution in [0.3, 0.4) is 0 Å². The molecule has 0 aliphatic heterocycles. The van der Waals surface area contributed by atoms with E-state index in [0.717, 1.165) is 10.9 Å². The lowest BCUT2D eigenvalue weighted by atomic mass is 10.1. The van der Waals surface area contributed by atoms with Crippen LogP contribution >= 0.6 is 11.3 Å². The predicted octanol–water partition coefficient (Wildman–Crippen LogP) is 3.92. The van der Waals surface area contributed by atoms with Crippen LogP contribution in [0.2, 0.25) is 0 Å². The fraction of sp³-hybridized carbons (Fsp3) is 0.125. The molecule has 3 rings (SSSR count). The lowest BCUT2D eigenvalue weighted by Gasteiger charge is -2.12. The number of carbonyl (C=O) groups is 1. The van der Waals surface area contributed by atoms with E-state index < -0.39 is 5.97 Å². The summed E-state index contributed by atoms with van der Waals surface area (Å²) in [6.07, 6.45) is 1.41. The predicted molar refractivity (Wildman–Crippen MR) is 85.1 cm³/mol. The minimum absolute atomic E-state index is 0.197. The number of hydrogen-bond donors (Lipinski definition) is 2. The highest BCUT2D eigenvalue weighted by Gasteiger charge is 2.14. The van der Waals surface area contributed by atoms with E-state index in [1.54, 1.807) is 11.3 Å². The number of anilines is 1. The number of nitrogens with zero attached hydrogens (tertiary/aromatic N) is 1. The molecule has 4 nitrogen and oxygen atoms in total. The van der Waals surface area contributed by atoms with Gasteiger partial charge in [0.05, 0.1) is 11.2 Å². The topological polar surface area (TPSA) is 62.2 Å². The highest BCUT2D eigenvalue weighted by molar-refractivity contribution is 7.10. The third-order valence-electron chi connectivity index (χ3n) is 3.40. The Morgan fingerprint density at radius 2 is 2.14 bits per heavy atom. The average Bonchev–Trinajstić information content (AvgIpc) is 2.89. The van der Waals surface area contributed by atoms with Gasteiger partial charge in [-0.25, -0.2) is 4.79 Å². The van der Waals surface area contributed by atoms with Crippen molar-refractivity contribution in [3.8, 4) is 0 Å². The average molecular weight is 298 g/mol. The minimum Gasteiger partial charge on any atom is -0.478 e. The third kappa shape index (κ3) is 2.60. The Kier molecular flexibility index (Phi) is 3.58. The Balaban J connectivity index is 2.04. The molecule has 2 N–H and O–H groups in total. The molecule has 0 fully saturated rings. The van der Waals surface area contributed by atoms with Crippen LogP contribution in [0.1, 0.15) is 20.8 Å². The van der Waals surface area contributed by atoms with Crippen molar-refractivity contribution in [3.63, 3.8) is 0 Å². The van der Waals surface area contributed by atoms with E-state index in [4.69, 9.17) is 0 Å². The SMILES string of the molecule is Cc1ccsc1CNc1c(C(=O)O)cnc2ccccc12. The van der Waals surface area contributed by atoms with Gasteiger partial charge in [0.2, 0.25) is 0 Å². The molecule has 0 amide bonds. The summed E-state index contributed by atoms with van der Waals surface area (Å²) < 4.78 is 0. The zero-order chi connectivity index (χ0) is 14.8. The first-order chi connectivity index (χ1) is 10.2. The van der Waals surface area contributed by atoms with Gasteiger partial charge in [-0.1, -0.05) is 18.2 Å². The number of para-hydroxylation sites is 1. The van der Waals surface area contributed by atoms with Gasteiger partial charge >= 0.3 is 5.97 Å². The molecule has 5 heteroatoms. The highest BCUT2D eigenvalue weighted by atomic mass is 32.1. The molecular formula is C16H14N2O2S. The number of benzene rings is 1. The Labute approximate surface area is 126 Å². The molecule has 0 radical (unpaired) electrons. The first-order valence-corrected chi connectivity index (χ1v) is 7.42. The number of rotatable bonds is 4. The van der Waals surface area contributed by atoms with Crippen LogP contribution in [-0.2, 0) is 6.54 Å². The second kappa shape index (κ2) is 5.54. The molecule has 0 unspecified atom stereocenters. The number of pyridine rings is 1. The Bertz CT molecular complexity index is 811. The van der Waals surface area contributed by atoms with Crippen LogP contribution in [-0.4, -0.2) is 16.1 Å². The second-order valence-corrected chi connectivity index (χ2v) is 5.75. The summed E-state index contributed by atoms with van der Waals surface area (Å²) in [5.74, 6) is -0.973. The van der Waals surface area contributed by atoms with Gasteiger partial charge in [0, 0.05) is 23.0 Å². The fourth-order valence-corrected chi connectivity index (χ4v) is 3.09. The molecule has 3 aromatic rings. The van der Waals surface area contributed by atoms with Crippen molar-refractivity contribution in [1.29, 1.82) is 0 Å². The summed E-state index contributed by atoms with van der Waals surface area (Å²) in [5, 5.41) is 15.5. The monoisotopic (exact) mass is 298 g/mol. The number of nitrogens with one attached hydrogen (secondary N) is 1. The molecule has 2 aromatic heterocycles. The van der Waals surface area contributed by atoms with E-state index in [-0.39, 0.29) is 5.56 Å². The number of aromatic nitrogens is 1. The normalized spacial score (nSPS) is 10.7. The van der Waals surface area contributed by atoms with Gasteiger partial charge in [-0.05, 0) is 30.0 Å². The number of hydrogen-bond acceptors (Lipinski definition) is 4. The standard InChI is InChI=1S/C16H14N2O2S/c1-10-6-7-21-14(10)9-18-15-11-4-2-3-5-13(11)17-8-12(15)16(19)20/h2-8H,9H2,1H3,(H,17,18)(H,19,20). The van der Waals surface area contributed by atoms with Crippen molar-refractivity contribution in [1.82, 2.24) is 4.98 Å². The van der Waals surface area contributed by atoms with Gasteiger partial charge < -0.3 is 10.4 Å². The Morgan fingerprint density at radius 3 is 2.86 bits per heavy atom. The van der Waals surface area contributed by atoms with E-state index in [2.05, 4.69) is 23.3 Å². The second-order valence-electron chi connectivity index (χ2n) is 4.75. The van der Waals surface area contributed by atoms with Crippen molar-refractivity contribution in [2.45, 2.75) is 13.5 Å². The van der Waals surface area contributed by atoms with Crippen LogP contribution in [0, 0.1) is 6.92 Å². The van der Waals surface area contributed by atoms with Crippen LogP contribution in [0.4, 0.5) is 5.69 Å². The summed E-state index contributed by atoms with van der Waals surface area (Å²) >= 11 is 1.66. The van der Waals surface area contributed by atoms with E-state index in [9.17, 15) is 9.90 Å². The molecule has 0 atom stereocenters. The number of carboxylic acid groups (broad SMARTS) is 1. The largest absolute Gasteiger partial charge is 0.478 e. The first-order valence-electron chi connectivity index (χ1n) is 6.54. The van der Waals surface area contributed by atoms with Crippen LogP contribution in [0.25, 0.3) is 10.9 Å². The third-order valence-corrected chi connectivity index (χ3v) is 4.42. The molecule has 106 valence electrons. The van der Waals surface area contributed by atoms with Crippen molar-refractivity contribution in [3.05, 3.63) is 57.9 Å². The van der Waals surface area contributed by atoms with E-state index in [1.807, 2.05) is 29.6 Å². The van der Waals surface area contributed by atoms with Gasteiger partial charge in [0.25, 0.3) is 0 Å². The van der Waals surface area contributed by atoms with Crippen molar-refractivity contribution in [2.75, 3.05) is 5.32 Å². The fourth-order valence-electron chi connectivity index (χ4n) is 2.25. The van der Waals surface area contributed by atoms with Crippen LogP contribution < -0.4 is 5.32 Å². The van der Waals surface area contributed by atoms with Gasteiger partial charge in [-0.2, -0.15) is 0 Å². The lowest BCUT2D eigenvalue weighted by molar-refractivity contribution is 0.0697. The summed E-state index contributed by atoms with van der Waals surface area (Å²) in [4.78, 5) is 16.8. The minimum atomic E-state index is -0.973. The zero-order valence-corrected chi connectivity index (χ0v) is 12.3. The zero-order valence-electron chi connectivity index (χ0n) is 11.5. The molecule has 1 aromatic carbocycles. The molecule has 0 saturated heterocycles.